The molecule has 0 aliphatic heterocycles. The van der Waals surface area contributed by atoms with Crippen LogP contribution >= 0.6 is 0 Å². The van der Waals surface area contributed by atoms with E-state index in [9.17, 15) is 4.79 Å². The Balaban J connectivity index is 3.34. The highest BCUT2D eigenvalue weighted by Gasteiger charge is 2.09. The molecule has 0 aromatic rings. The van der Waals surface area contributed by atoms with Crippen LogP contribution in [0.4, 0.5) is 0 Å². The lowest BCUT2D eigenvalue weighted by Crippen LogP contribution is -2.30. The Labute approximate surface area is 93.3 Å². The van der Waals surface area contributed by atoms with Crippen molar-refractivity contribution in [2.45, 2.75) is 38.5 Å². The minimum Gasteiger partial charge on any atom is -0.480 e. The van der Waals surface area contributed by atoms with Gasteiger partial charge in [-0.3, -0.25) is 9.63 Å². The lowest BCUT2D eigenvalue weighted by molar-refractivity contribution is -0.138. The van der Waals surface area contributed by atoms with Gasteiger partial charge in [-0.15, -0.1) is 0 Å². The molecule has 16 heavy (non-hydrogen) atoms. The van der Waals surface area contributed by atoms with E-state index in [1.54, 1.807) is 6.92 Å². The molecule has 0 aliphatic rings. The quantitative estimate of drug-likeness (QED) is 0.177. The summed E-state index contributed by atoms with van der Waals surface area (Å²) in [5.41, 5.74) is 16.0. The molecule has 1 unspecified atom stereocenters. The second kappa shape index (κ2) is 8.93. The van der Waals surface area contributed by atoms with Crippen LogP contribution < -0.4 is 11.2 Å². The number of azide groups is 1. The number of nitrogens with one attached hydrogen (secondary N) is 1. The highest BCUT2D eigenvalue weighted by Crippen LogP contribution is 1.98. The maximum atomic E-state index is 10.4. The fourth-order valence-electron chi connectivity index (χ4n) is 0.961. The van der Waals surface area contributed by atoms with Gasteiger partial charge in [-0.25, -0.2) is 5.48 Å². The minimum atomic E-state index is -0.985. The van der Waals surface area contributed by atoms with Gasteiger partial charge in [0.2, 0.25) is 0 Å². The molecule has 8 heteroatoms. The van der Waals surface area contributed by atoms with Crippen LogP contribution in [0.1, 0.15) is 26.2 Å². The van der Waals surface area contributed by atoms with Crippen LogP contribution in [-0.2, 0) is 9.63 Å². The Bertz CT molecular complexity index is 242. The Morgan fingerprint density at radius 3 is 2.94 bits per heavy atom. The SMILES string of the molecule is CC(N=[N+]=[N-])ONCCCC[C@H](N)C(=O)O. The van der Waals surface area contributed by atoms with E-state index >= 15 is 0 Å². The van der Waals surface area contributed by atoms with Gasteiger partial charge >= 0.3 is 5.97 Å². The zero-order valence-electron chi connectivity index (χ0n) is 9.17. The molecular formula is C8H17N5O3. The monoisotopic (exact) mass is 231 g/mol. The molecular weight excluding hydrogens is 214 g/mol. The molecule has 2 atom stereocenters. The fraction of sp³-hybridized carbons (Fsp3) is 0.875. The number of rotatable bonds is 9. The topological polar surface area (TPSA) is 133 Å². The minimum absolute atomic E-state index is 0.433. The summed E-state index contributed by atoms with van der Waals surface area (Å²) in [6.07, 6.45) is 1.30. The van der Waals surface area contributed by atoms with Gasteiger partial charge < -0.3 is 10.8 Å². The third kappa shape index (κ3) is 8.01. The number of unbranched alkanes of at least 4 members (excludes halogenated alkanes) is 1. The molecule has 0 saturated carbocycles. The predicted octanol–water partition coefficient (Wildman–Crippen LogP) is 0.746. The van der Waals surface area contributed by atoms with E-state index in [1.165, 1.54) is 0 Å². The smallest absolute Gasteiger partial charge is 0.320 e. The maximum absolute atomic E-state index is 10.4. The number of carboxylic acid groups (broad SMARTS) is 1. The highest BCUT2D eigenvalue weighted by atomic mass is 16.7. The van der Waals surface area contributed by atoms with Crippen LogP contribution in [0.25, 0.3) is 10.4 Å². The third-order valence-electron chi connectivity index (χ3n) is 1.83. The lowest BCUT2D eigenvalue weighted by Gasteiger charge is -2.09. The standard InChI is InChI=1S/C8H17N5O3/c1-6(12-13-10)16-11-5-3-2-4-7(9)8(14)15/h6-7,11H,2-5,9H2,1H3,(H,14,15)/t6?,7-/m0/s1. The van der Waals surface area contributed by atoms with Crippen LogP contribution in [0.2, 0.25) is 0 Å². The van der Waals surface area contributed by atoms with E-state index in [-0.39, 0.29) is 0 Å². The van der Waals surface area contributed by atoms with Crippen LogP contribution in [0.15, 0.2) is 5.11 Å². The van der Waals surface area contributed by atoms with Gasteiger partial charge in [0, 0.05) is 11.5 Å². The van der Waals surface area contributed by atoms with Crippen LogP contribution in [0, 0.1) is 0 Å². The second-order valence-corrected chi connectivity index (χ2v) is 3.26. The molecule has 8 nitrogen and oxygen atoms in total. The zero-order valence-corrected chi connectivity index (χ0v) is 9.17. The number of hydroxylamine groups is 1. The van der Waals surface area contributed by atoms with Gasteiger partial charge in [-0.2, -0.15) is 0 Å². The Hall–Kier alpha value is -1.34. The summed E-state index contributed by atoms with van der Waals surface area (Å²) in [4.78, 5) is 17.9. The van der Waals surface area contributed by atoms with Crippen molar-refractivity contribution in [3.63, 3.8) is 0 Å². The van der Waals surface area contributed by atoms with Gasteiger partial charge in [0.25, 0.3) is 0 Å². The predicted molar refractivity (Wildman–Crippen MR) is 57.2 cm³/mol. The largest absolute Gasteiger partial charge is 0.480 e. The molecule has 92 valence electrons. The number of hydrogen-bond acceptors (Lipinski definition) is 5. The molecule has 0 aromatic heterocycles. The first-order chi connectivity index (χ1) is 7.57. The first kappa shape index (κ1) is 14.7. The summed E-state index contributed by atoms with van der Waals surface area (Å²) in [6.45, 7) is 2.16. The molecule has 0 bridgehead atoms. The van der Waals surface area contributed by atoms with E-state index in [0.717, 1.165) is 6.42 Å². The summed E-state index contributed by atoms with van der Waals surface area (Å²) in [5, 5.41) is 11.8. The average molecular weight is 231 g/mol. The van der Waals surface area contributed by atoms with Crippen molar-refractivity contribution in [1.82, 2.24) is 5.48 Å². The molecule has 0 aromatic carbocycles. The van der Waals surface area contributed by atoms with Crippen molar-refractivity contribution >= 4 is 5.97 Å². The molecule has 0 aliphatic carbocycles. The van der Waals surface area contributed by atoms with E-state index in [1.807, 2.05) is 0 Å². The van der Waals surface area contributed by atoms with Gasteiger partial charge in [0.15, 0.2) is 6.23 Å². The van der Waals surface area contributed by atoms with Crippen molar-refractivity contribution in [2.75, 3.05) is 6.54 Å². The summed E-state index contributed by atoms with van der Waals surface area (Å²) >= 11 is 0. The summed E-state index contributed by atoms with van der Waals surface area (Å²) in [5.74, 6) is -0.985. The number of nitrogens with two attached hydrogens (primary N) is 1. The summed E-state index contributed by atoms with van der Waals surface area (Å²) in [7, 11) is 0. The van der Waals surface area contributed by atoms with Crippen molar-refractivity contribution in [1.29, 1.82) is 0 Å². The molecule has 4 N–H and O–H groups in total. The summed E-state index contributed by atoms with van der Waals surface area (Å²) in [6, 6.07) is -0.803. The zero-order chi connectivity index (χ0) is 12.4. The molecule has 0 spiro atoms. The molecule has 0 heterocycles. The second-order valence-electron chi connectivity index (χ2n) is 3.26. The van der Waals surface area contributed by atoms with Crippen molar-refractivity contribution < 1.29 is 14.7 Å². The van der Waals surface area contributed by atoms with Crippen LogP contribution in [0.5, 0.6) is 0 Å². The Morgan fingerprint density at radius 2 is 2.38 bits per heavy atom. The molecule has 0 fully saturated rings. The first-order valence-electron chi connectivity index (χ1n) is 4.99. The molecule has 0 rings (SSSR count). The number of hydrogen-bond donors (Lipinski definition) is 3. The van der Waals surface area contributed by atoms with E-state index in [0.29, 0.717) is 19.4 Å². The molecule has 0 amide bonds. The van der Waals surface area contributed by atoms with E-state index < -0.39 is 18.2 Å². The van der Waals surface area contributed by atoms with Crippen molar-refractivity contribution in [3.05, 3.63) is 10.4 Å². The van der Waals surface area contributed by atoms with Gasteiger partial charge in [0.1, 0.15) is 6.04 Å². The van der Waals surface area contributed by atoms with Crippen molar-refractivity contribution in [3.8, 4) is 0 Å². The fourth-order valence-corrected chi connectivity index (χ4v) is 0.961. The molecule has 0 saturated heterocycles. The van der Waals surface area contributed by atoms with Crippen molar-refractivity contribution in [2.24, 2.45) is 10.8 Å². The first-order valence-corrected chi connectivity index (χ1v) is 4.99. The number of carbonyl (C=O) groups is 1. The third-order valence-corrected chi connectivity index (χ3v) is 1.83. The van der Waals surface area contributed by atoms with Gasteiger partial charge in [-0.05, 0) is 31.7 Å². The van der Waals surface area contributed by atoms with Gasteiger partial charge in [-0.1, -0.05) is 5.11 Å². The normalized spacial score (nSPS) is 13.9. The lowest BCUT2D eigenvalue weighted by atomic mass is 10.1. The van der Waals surface area contributed by atoms with Crippen LogP contribution in [-0.4, -0.2) is 29.9 Å². The van der Waals surface area contributed by atoms with E-state index in [4.69, 9.17) is 21.2 Å². The number of carboxylic acids is 1. The summed E-state index contributed by atoms with van der Waals surface area (Å²) < 4.78 is 0. The average Bonchev–Trinajstić information content (AvgIpc) is 2.23. The number of aliphatic carboxylic acids is 1. The van der Waals surface area contributed by atoms with Gasteiger partial charge in [0.05, 0.1) is 0 Å². The Kier molecular flexibility index (Phi) is 8.18. The highest BCUT2D eigenvalue weighted by molar-refractivity contribution is 5.72. The van der Waals surface area contributed by atoms with E-state index in [2.05, 4.69) is 15.5 Å². The van der Waals surface area contributed by atoms with Crippen LogP contribution in [0.3, 0.4) is 0 Å². The maximum Gasteiger partial charge on any atom is 0.320 e. The number of nitrogens with zero attached hydrogens (tertiary/aromatic N) is 3. The molecule has 0 radical (unpaired) electrons. The Morgan fingerprint density at radius 1 is 1.69 bits per heavy atom.